The lowest BCUT2D eigenvalue weighted by Gasteiger charge is -2.40. The van der Waals surface area contributed by atoms with Gasteiger partial charge in [0.2, 0.25) is 10.0 Å². The molecule has 5 nitrogen and oxygen atoms in total. The van der Waals surface area contributed by atoms with E-state index in [2.05, 4.69) is 0 Å². The van der Waals surface area contributed by atoms with Gasteiger partial charge in [-0.25, -0.2) is 12.8 Å². The zero-order valence-electron chi connectivity index (χ0n) is 11.2. The van der Waals surface area contributed by atoms with Gasteiger partial charge in [0.25, 0.3) is 0 Å². The molecule has 20 heavy (non-hydrogen) atoms. The van der Waals surface area contributed by atoms with Crippen LogP contribution in [0.15, 0.2) is 17.0 Å². The molecule has 1 saturated heterocycles. The van der Waals surface area contributed by atoms with Crippen molar-refractivity contribution in [3.05, 3.63) is 23.0 Å². The van der Waals surface area contributed by atoms with Gasteiger partial charge in [0.05, 0.1) is 24.4 Å². The average molecular weight is 323 g/mol. The molecule has 0 bridgehead atoms. The van der Waals surface area contributed by atoms with Gasteiger partial charge in [-0.3, -0.25) is 0 Å². The first-order chi connectivity index (χ1) is 9.16. The summed E-state index contributed by atoms with van der Waals surface area (Å²) in [5, 5.41) is 0.0774. The lowest BCUT2D eigenvalue weighted by Crippen LogP contribution is -2.55. The van der Waals surface area contributed by atoms with Crippen LogP contribution in [0, 0.1) is 5.82 Å². The summed E-state index contributed by atoms with van der Waals surface area (Å²) in [5.41, 5.74) is 4.40. The van der Waals surface area contributed by atoms with Crippen LogP contribution in [-0.4, -0.2) is 38.0 Å². The van der Waals surface area contributed by atoms with Crippen LogP contribution in [-0.2, 0) is 14.8 Å². The van der Waals surface area contributed by atoms with E-state index in [1.54, 1.807) is 13.8 Å². The van der Waals surface area contributed by atoms with Crippen molar-refractivity contribution in [2.75, 3.05) is 25.5 Å². The maximum absolute atomic E-state index is 14.1. The second-order valence-corrected chi connectivity index (χ2v) is 7.52. The number of nitrogens with two attached hydrogens (primary N) is 1. The zero-order valence-corrected chi connectivity index (χ0v) is 12.8. The molecule has 112 valence electrons. The molecule has 2 rings (SSSR count). The van der Waals surface area contributed by atoms with E-state index in [0.29, 0.717) is 0 Å². The van der Waals surface area contributed by atoms with Crippen molar-refractivity contribution in [3.8, 4) is 0 Å². The van der Waals surface area contributed by atoms with Crippen LogP contribution in [0.2, 0.25) is 5.02 Å². The molecule has 0 radical (unpaired) electrons. The molecule has 1 aliphatic rings. The molecule has 0 saturated carbocycles. The van der Waals surface area contributed by atoms with Crippen LogP contribution in [0.25, 0.3) is 0 Å². The third-order valence-electron chi connectivity index (χ3n) is 3.17. The van der Waals surface area contributed by atoms with Gasteiger partial charge in [0.15, 0.2) is 5.82 Å². The van der Waals surface area contributed by atoms with Crippen molar-refractivity contribution in [1.82, 2.24) is 4.31 Å². The van der Waals surface area contributed by atoms with E-state index in [-0.39, 0.29) is 30.5 Å². The fourth-order valence-electron chi connectivity index (χ4n) is 2.18. The largest absolute Gasteiger partial charge is 0.396 e. The number of morpholine rings is 1. The van der Waals surface area contributed by atoms with E-state index in [0.717, 1.165) is 6.07 Å². The third-order valence-corrected chi connectivity index (χ3v) is 5.50. The molecule has 1 aromatic rings. The van der Waals surface area contributed by atoms with Gasteiger partial charge in [-0.1, -0.05) is 11.6 Å². The van der Waals surface area contributed by atoms with Gasteiger partial charge < -0.3 is 10.5 Å². The first-order valence-corrected chi connectivity index (χ1v) is 7.83. The highest BCUT2D eigenvalue weighted by atomic mass is 35.5. The van der Waals surface area contributed by atoms with Crippen LogP contribution in [0.3, 0.4) is 0 Å². The minimum absolute atomic E-state index is 0.0774. The molecule has 1 aliphatic heterocycles. The molecular formula is C12H16ClFN2O3S. The summed E-state index contributed by atoms with van der Waals surface area (Å²) in [5.74, 6) is -0.975. The summed E-state index contributed by atoms with van der Waals surface area (Å²) in [6.07, 6.45) is 0. The van der Waals surface area contributed by atoms with Crippen molar-refractivity contribution in [2.45, 2.75) is 24.3 Å². The van der Waals surface area contributed by atoms with Crippen LogP contribution < -0.4 is 5.73 Å². The lowest BCUT2D eigenvalue weighted by molar-refractivity contribution is -0.00779. The fraction of sp³-hybridized carbons (Fsp3) is 0.500. The molecule has 1 aromatic carbocycles. The molecule has 0 amide bonds. The Hall–Kier alpha value is -0.890. The molecule has 0 spiro atoms. The molecule has 1 fully saturated rings. The number of benzene rings is 1. The maximum atomic E-state index is 14.1. The molecule has 0 atom stereocenters. The highest BCUT2D eigenvalue weighted by molar-refractivity contribution is 7.89. The van der Waals surface area contributed by atoms with Crippen molar-refractivity contribution < 1.29 is 17.5 Å². The number of hydrogen-bond donors (Lipinski definition) is 1. The Morgan fingerprint density at radius 1 is 1.45 bits per heavy atom. The summed E-state index contributed by atoms with van der Waals surface area (Å²) in [7, 11) is -4.03. The molecule has 0 aliphatic carbocycles. The Labute approximate surface area is 122 Å². The van der Waals surface area contributed by atoms with Crippen molar-refractivity contribution in [3.63, 3.8) is 0 Å². The second kappa shape index (κ2) is 5.14. The number of rotatable bonds is 2. The SMILES string of the molecule is CC1(C)COCCN1S(=O)(=O)c1cc(Cl)cc(N)c1F. The zero-order chi connectivity index (χ0) is 15.1. The highest BCUT2D eigenvalue weighted by Crippen LogP contribution is 2.32. The number of halogens is 2. The van der Waals surface area contributed by atoms with E-state index in [1.165, 1.54) is 10.4 Å². The van der Waals surface area contributed by atoms with Crippen molar-refractivity contribution in [2.24, 2.45) is 0 Å². The normalized spacial score (nSPS) is 20.0. The number of sulfonamides is 1. The van der Waals surface area contributed by atoms with Crippen molar-refractivity contribution in [1.29, 1.82) is 0 Å². The average Bonchev–Trinajstić information content (AvgIpc) is 2.32. The number of nitrogens with zero attached hydrogens (tertiary/aromatic N) is 1. The maximum Gasteiger partial charge on any atom is 0.246 e. The van der Waals surface area contributed by atoms with E-state index < -0.39 is 26.3 Å². The minimum atomic E-state index is -4.03. The summed E-state index contributed by atoms with van der Waals surface area (Å²) in [6, 6.07) is 2.26. The Bertz CT molecular complexity index is 634. The Kier molecular flexibility index (Phi) is 3.98. The Balaban J connectivity index is 2.56. The van der Waals surface area contributed by atoms with E-state index in [9.17, 15) is 12.8 Å². The van der Waals surface area contributed by atoms with Gasteiger partial charge in [0.1, 0.15) is 4.90 Å². The minimum Gasteiger partial charge on any atom is -0.396 e. The summed E-state index contributed by atoms with van der Waals surface area (Å²) >= 11 is 5.78. The van der Waals surface area contributed by atoms with Gasteiger partial charge in [-0.15, -0.1) is 0 Å². The fourth-order valence-corrected chi connectivity index (χ4v) is 4.35. The lowest BCUT2D eigenvalue weighted by atomic mass is 10.1. The predicted octanol–water partition coefficient (Wildman–Crippen LogP) is 1.86. The predicted molar refractivity (Wildman–Crippen MR) is 74.6 cm³/mol. The molecule has 0 unspecified atom stereocenters. The topological polar surface area (TPSA) is 72.6 Å². The Morgan fingerprint density at radius 3 is 2.70 bits per heavy atom. The summed E-state index contributed by atoms with van der Waals surface area (Å²) < 4.78 is 45.8. The number of hydrogen-bond acceptors (Lipinski definition) is 4. The van der Waals surface area contributed by atoms with Gasteiger partial charge in [-0.05, 0) is 26.0 Å². The van der Waals surface area contributed by atoms with Crippen LogP contribution in [0.4, 0.5) is 10.1 Å². The first-order valence-electron chi connectivity index (χ1n) is 6.01. The van der Waals surface area contributed by atoms with Crippen LogP contribution in [0.5, 0.6) is 0 Å². The van der Waals surface area contributed by atoms with E-state index in [1.807, 2.05) is 0 Å². The summed E-state index contributed by atoms with van der Waals surface area (Å²) in [4.78, 5) is -0.502. The quantitative estimate of drug-likeness (QED) is 0.844. The van der Waals surface area contributed by atoms with Gasteiger partial charge >= 0.3 is 0 Å². The molecular weight excluding hydrogens is 307 g/mol. The smallest absolute Gasteiger partial charge is 0.246 e. The van der Waals surface area contributed by atoms with Gasteiger partial charge in [0, 0.05) is 11.6 Å². The number of ether oxygens (including phenoxy) is 1. The third kappa shape index (κ3) is 2.63. The number of nitrogen functional groups attached to an aromatic ring is 1. The monoisotopic (exact) mass is 322 g/mol. The molecule has 8 heteroatoms. The molecule has 0 aromatic heterocycles. The van der Waals surface area contributed by atoms with E-state index in [4.69, 9.17) is 22.1 Å². The van der Waals surface area contributed by atoms with Crippen LogP contribution in [0.1, 0.15) is 13.8 Å². The van der Waals surface area contributed by atoms with E-state index >= 15 is 0 Å². The highest BCUT2D eigenvalue weighted by Gasteiger charge is 2.41. The van der Waals surface area contributed by atoms with Gasteiger partial charge in [-0.2, -0.15) is 4.31 Å². The standard InChI is InChI=1S/C12H16ClFN2O3S/c1-12(2)7-19-4-3-16(12)20(17,18)10-6-8(13)5-9(15)11(10)14/h5-6H,3-4,7,15H2,1-2H3. The summed E-state index contributed by atoms with van der Waals surface area (Å²) in [6.45, 7) is 4.09. The second-order valence-electron chi connectivity index (χ2n) is 5.25. The Morgan fingerprint density at radius 2 is 2.10 bits per heavy atom. The molecule has 2 N–H and O–H groups in total. The number of anilines is 1. The molecule has 1 heterocycles. The van der Waals surface area contributed by atoms with Crippen LogP contribution >= 0.6 is 11.6 Å². The van der Waals surface area contributed by atoms with Crippen molar-refractivity contribution >= 4 is 27.3 Å². The first kappa shape index (κ1) is 15.5.